The first-order valence-corrected chi connectivity index (χ1v) is 7.81. The molecule has 1 N–H and O–H groups in total. The molecule has 1 aliphatic rings. The van der Waals surface area contributed by atoms with Gasteiger partial charge < -0.3 is 5.32 Å². The molecule has 1 aromatic carbocycles. The van der Waals surface area contributed by atoms with Crippen LogP contribution in [0.4, 0.5) is 4.39 Å². The van der Waals surface area contributed by atoms with Gasteiger partial charge in [-0.25, -0.2) is 9.37 Å². The first kappa shape index (κ1) is 13.9. The molecule has 2 heterocycles. The van der Waals surface area contributed by atoms with Crippen molar-refractivity contribution in [2.45, 2.75) is 6.54 Å². The smallest absolute Gasteiger partial charge is 0.124 e. The Labute approximate surface area is 126 Å². The van der Waals surface area contributed by atoms with Crippen molar-refractivity contribution in [3.8, 4) is 11.3 Å². The van der Waals surface area contributed by atoms with Gasteiger partial charge in [-0.1, -0.05) is 11.6 Å². The predicted molar refractivity (Wildman–Crippen MR) is 80.7 cm³/mol. The van der Waals surface area contributed by atoms with Crippen molar-refractivity contribution in [2.24, 2.45) is 0 Å². The van der Waals surface area contributed by atoms with Crippen molar-refractivity contribution in [1.29, 1.82) is 0 Å². The Morgan fingerprint density at radius 3 is 2.90 bits per heavy atom. The molecule has 0 saturated carbocycles. The molecule has 0 bridgehead atoms. The molecule has 1 saturated heterocycles. The lowest BCUT2D eigenvalue weighted by molar-refractivity contribution is 0.233. The van der Waals surface area contributed by atoms with Gasteiger partial charge in [0.2, 0.25) is 0 Å². The molecule has 2 aromatic rings. The van der Waals surface area contributed by atoms with Crippen LogP contribution in [0.25, 0.3) is 11.3 Å². The lowest BCUT2D eigenvalue weighted by atomic mass is 10.2. The van der Waals surface area contributed by atoms with E-state index < -0.39 is 0 Å². The fourth-order valence-corrected chi connectivity index (χ4v) is 3.36. The maximum Gasteiger partial charge on any atom is 0.124 e. The third kappa shape index (κ3) is 3.17. The fourth-order valence-electron chi connectivity index (χ4n) is 2.26. The molecule has 0 radical (unpaired) electrons. The molecule has 0 atom stereocenters. The van der Waals surface area contributed by atoms with Crippen LogP contribution in [0.15, 0.2) is 23.6 Å². The molecule has 3 rings (SSSR count). The second kappa shape index (κ2) is 6.18. The number of aromatic nitrogens is 1. The van der Waals surface area contributed by atoms with Crippen LogP contribution in [0.5, 0.6) is 0 Å². The molecule has 0 unspecified atom stereocenters. The van der Waals surface area contributed by atoms with E-state index in [2.05, 4.69) is 15.2 Å². The number of benzene rings is 1. The summed E-state index contributed by atoms with van der Waals surface area (Å²) in [7, 11) is 0. The van der Waals surface area contributed by atoms with E-state index >= 15 is 0 Å². The molecule has 1 aliphatic heterocycles. The molecule has 3 nitrogen and oxygen atoms in total. The fraction of sp³-hybridized carbons (Fsp3) is 0.357. The number of piperazine rings is 1. The Morgan fingerprint density at radius 2 is 2.15 bits per heavy atom. The summed E-state index contributed by atoms with van der Waals surface area (Å²) >= 11 is 7.70. The summed E-state index contributed by atoms with van der Waals surface area (Å²) < 4.78 is 13.1. The molecule has 20 heavy (non-hydrogen) atoms. The highest BCUT2D eigenvalue weighted by molar-refractivity contribution is 7.09. The highest BCUT2D eigenvalue weighted by Crippen LogP contribution is 2.29. The van der Waals surface area contributed by atoms with Gasteiger partial charge in [-0.05, 0) is 18.2 Å². The number of rotatable bonds is 3. The molecular weight excluding hydrogens is 297 g/mol. The SMILES string of the molecule is Fc1ccc(-c2csc(CN3CCNCC3)n2)c(Cl)c1. The summed E-state index contributed by atoms with van der Waals surface area (Å²) in [6.07, 6.45) is 0. The molecule has 1 fully saturated rings. The van der Waals surface area contributed by atoms with Gasteiger partial charge in [0.05, 0.1) is 17.3 Å². The molecule has 106 valence electrons. The number of halogens is 2. The molecule has 0 amide bonds. The normalized spacial score (nSPS) is 16.5. The van der Waals surface area contributed by atoms with Crippen molar-refractivity contribution < 1.29 is 4.39 Å². The Kier molecular flexibility index (Phi) is 4.31. The summed E-state index contributed by atoms with van der Waals surface area (Å²) in [5.74, 6) is -0.324. The minimum atomic E-state index is -0.324. The number of nitrogens with one attached hydrogen (secondary N) is 1. The second-order valence-corrected chi connectivity index (χ2v) is 6.13. The highest BCUT2D eigenvalue weighted by atomic mass is 35.5. The monoisotopic (exact) mass is 311 g/mol. The van der Waals surface area contributed by atoms with Gasteiger partial charge in [-0.2, -0.15) is 0 Å². The van der Waals surface area contributed by atoms with Gasteiger partial charge >= 0.3 is 0 Å². The molecular formula is C14H15ClFN3S. The van der Waals surface area contributed by atoms with Crippen molar-refractivity contribution in [2.75, 3.05) is 26.2 Å². The summed E-state index contributed by atoms with van der Waals surface area (Å²) in [4.78, 5) is 6.99. The van der Waals surface area contributed by atoms with Gasteiger partial charge in [0.1, 0.15) is 10.8 Å². The van der Waals surface area contributed by atoms with E-state index in [0.717, 1.165) is 49.0 Å². The molecule has 6 heteroatoms. The number of thiazole rings is 1. The Morgan fingerprint density at radius 1 is 1.35 bits per heavy atom. The first-order chi connectivity index (χ1) is 9.72. The number of hydrogen-bond donors (Lipinski definition) is 1. The van der Waals surface area contributed by atoms with Gasteiger partial charge in [0.25, 0.3) is 0 Å². The van der Waals surface area contributed by atoms with Crippen molar-refractivity contribution in [3.63, 3.8) is 0 Å². The van der Waals surface area contributed by atoms with Crippen LogP contribution in [0.3, 0.4) is 0 Å². The van der Waals surface area contributed by atoms with Crippen LogP contribution >= 0.6 is 22.9 Å². The van der Waals surface area contributed by atoms with Crippen molar-refractivity contribution in [1.82, 2.24) is 15.2 Å². The minimum Gasteiger partial charge on any atom is -0.314 e. The van der Waals surface area contributed by atoms with Gasteiger partial charge in [-0.15, -0.1) is 11.3 Å². The first-order valence-electron chi connectivity index (χ1n) is 6.55. The van der Waals surface area contributed by atoms with E-state index in [1.807, 2.05) is 5.38 Å². The standard InChI is InChI=1S/C14H15ClFN3S/c15-12-7-10(16)1-2-11(12)13-9-20-14(18-13)8-19-5-3-17-4-6-19/h1-2,7,9,17H,3-6,8H2. The Balaban J connectivity index is 1.75. The predicted octanol–water partition coefficient (Wildman–Crippen LogP) is 3.01. The van der Waals surface area contributed by atoms with Crippen LogP contribution in [0, 0.1) is 5.82 Å². The summed E-state index contributed by atoms with van der Waals surface area (Å²) in [5.41, 5.74) is 1.61. The summed E-state index contributed by atoms with van der Waals surface area (Å²) in [6.45, 7) is 5.02. The van der Waals surface area contributed by atoms with Crippen LogP contribution in [0.1, 0.15) is 5.01 Å². The van der Waals surface area contributed by atoms with Crippen molar-refractivity contribution >= 4 is 22.9 Å². The van der Waals surface area contributed by atoms with E-state index in [0.29, 0.717) is 5.02 Å². The van der Waals surface area contributed by atoms with E-state index in [-0.39, 0.29) is 5.82 Å². The molecule has 1 aromatic heterocycles. The Hall–Kier alpha value is -1.01. The summed E-state index contributed by atoms with van der Waals surface area (Å²) in [5, 5.41) is 6.79. The van der Waals surface area contributed by atoms with Crippen LogP contribution in [-0.4, -0.2) is 36.1 Å². The minimum absolute atomic E-state index is 0.324. The molecule has 0 spiro atoms. The maximum absolute atomic E-state index is 13.1. The largest absolute Gasteiger partial charge is 0.314 e. The molecule has 0 aliphatic carbocycles. The van der Waals surface area contributed by atoms with Crippen LogP contribution in [0.2, 0.25) is 5.02 Å². The zero-order valence-corrected chi connectivity index (χ0v) is 12.5. The van der Waals surface area contributed by atoms with Crippen LogP contribution < -0.4 is 5.32 Å². The average molecular weight is 312 g/mol. The third-order valence-electron chi connectivity index (χ3n) is 3.33. The van der Waals surface area contributed by atoms with Crippen molar-refractivity contribution in [3.05, 3.63) is 39.4 Å². The number of hydrogen-bond acceptors (Lipinski definition) is 4. The van der Waals surface area contributed by atoms with Gasteiger partial charge in [-0.3, -0.25) is 4.90 Å². The highest BCUT2D eigenvalue weighted by Gasteiger charge is 2.13. The summed E-state index contributed by atoms with van der Waals surface area (Å²) in [6, 6.07) is 4.42. The maximum atomic E-state index is 13.1. The quantitative estimate of drug-likeness (QED) is 0.944. The van der Waals surface area contributed by atoms with E-state index in [4.69, 9.17) is 11.6 Å². The lowest BCUT2D eigenvalue weighted by Gasteiger charge is -2.26. The second-order valence-electron chi connectivity index (χ2n) is 4.78. The van der Waals surface area contributed by atoms with E-state index in [1.165, 1.54) is 12.1 Å². The van der Waals surface area contributed by atoms with E-state index in [9.17, 15) is 4.39 Å². The van der Waals surface area contributed by atoms with Gasteiger partial charge in [0, 0.05) is 37.1 Å². The topological polar surface area (TPSA) is 28.2 Å². The number of nitrogens with zero attached hydrogens (tertiary/aromatic N) is 2. The van der Waals surface area contributed by atoms with Gasteiger partial charge in [0.15, 0.2) is 0 Å². The average Bonchev–Trinajstić information content (AvgIpc) is 2.88. The lowest BCUT2D eigenvalue weighted by Crippen LogP contribution is -2.42. The zero-order chi connectivity index (χ0) is 13.9. The Bertz CT molecular complexity index is 596. The zero-order valence-electron chi connectivity index (χ0n) is 10.9. The van der Waals surface area contributed by atoms with E-state index in [1.54, 1.807) is 17.4 Å². The third-order valence-corrected chi connectivity index (χ3v) is 4.47. The van der Waals surface area contributed by atoms with Crippen LogP contribution in [-0.2, 0) is 6.54 Å².